The Morgan fingerprint density at radius 3 is 2.73 bits per heavy atom. The normalized spacial score (nSPS) is 11.5. The fourth-order valence-electron chi connectivity index (χ4n) is 1.27. The highest BCUT2D eigenvalue weighted by atomic mass is 79.9. The molecule has 82 valence electrons. The topological polar surface area (TPSA) is 12.0 Å². The van der Waals surface area contributed by atoms with Gasteiger partial charge in [0.05, 0.1) is 0 Å². The van der Waals surface area contributed by atoms with Crippen molar-refractivity contribution in [1.29, 1.82) is 0 Å². The van der Waals surface area contributed by atoms with Crippen molar-refractivity contribution in [2.45, 2.75) is 26.8 Å². The van der Waals surface area contributed by atoms with Crippen molar-refractivity contribution in [2.75, 3.05) is 6.54 Å². The fraction of sp³-hybridized carbons (Fsp3) is 0.385. The molecule has 0 aliphatic carbocycles. The van der Waals surface area contributed by atoms with Crippen molar-refractivity contribution in [1.82, 2.24) is 5.32 Å². The fourth-order valence-corrected chi connectivity index (χ4v) is 1.52. The highest BCUT2D eigenvalue weighted by molar-refractivity contribution is 9.10. The summed E-state index contributed by atoms with van der Waals surface area (Å²) in [5.41, 5.74) is 2.52. The maximum absolute atomic E-state index is 3.49. The van der Waals surface area contributed by atoms with E-state index in [4.69, 9.17) is 0 Å². The van der Waals surface area contributed by atoms with Gasteiger partial charge in [0, 0.05) is 17.1 Å². The Kier molecular flexibility index (Phi) is 5.06. The van der Waals surface area contributed by atoms with Gasteiger partial charge >= 0.3 is 0 Å². The van der Waals surface area contributed by atoms with Gasteiger partial charge in [0.2, 0.25) is 0 Å². The monoisotopic (exact) mass is 267 g/mol. The summed E-state index contributed by atoms with van der Waals surface area (Å²) in [5, 5.41) is 3.35. The first kappa shape index (κ1) is 12.5. The zero-order valence-corrected chi connectivity index (χ0v) is 11.1. The number of hydrogen-bond donors (Lipinski definition) is 1. The SMILES string of the molecule is Cc1cc(C=CCNC(C)C)ccc1Br. The molecule has 0 aliphatic rings. The summed E-state index contributed by atoms with van der Waals surface area (Å²) in [6, 6.07) is 6.92. The number of aryl methyl sites for hydroxylation is 1. The highest BCUT2D eigenvalue weighted by Crippen LogP contribution is 2.17. The molecule has 0 saturated heterocycles. The third-order valence-corrected chi connectivity index (χ3v) is 3.03. The van der Waals surface area contributed by atoms with Gasteiger partial charge in [-0.05, 0) is 24.1 Å². The second-order valence-corrected chi connectivity index (χ2v) is 4.83. The molecule has 0 amide bonds. The van der Waals surface area contributed by atoms with Gasteiger partial charge in [0.1, 0.15) is 0 Å². The predicted octanol–water partition coefficient (Wildman–Crippen LogP) is 3.77. The summed E-state index contributed by atoms with van der Waals surface area (Å²) < 4.78 is 1.17. The Morgan fingerprint density at radius 2 is 2.13 bits per heavy atom. The first-order valence-corrected chi connectivity index (χ1v) is 6.05. The van der Waals surface area contributed by atoms with Crippen molar-refractivity contribution in [3.63, 3.8) is 0 Å². The van der Waals surface area contributed by atoms with Crippen LogP contribution in [0.25, 0.3) is 6.08 Å². The van der Waals surface area contributed by atoms with Crippen LogP contribution in [0, 0.1) is 6.92 Å². The van der Waals surface area contributed by atoms with Gasteiger partial charge in [-0.2, -0.15) is 0 Å². The summed E-state index contributed by atoms with van der Waals surface area (Å²) in [6.45, 7) is 7.33. The Hall–Kier alpha value is -0.600. The maximum Gasteiger partial charge on any atom is 0.0204 e. The van der Waals surface area contributed by atoms with Crippen molar-refractivity contribution in [2.24, 2.45) is 0 Å². The van der Waals surface area contributed by atoms with E-state index < -0.39 is 0 Å². The summed E-state index contributed by atoms with van der Waals surface area (Å²) in [6.07, 6.45) is 4.30. The molecule has 0 unspecified atom stereocenters. The average molecular weight is 268 g/mol. The van der Waals surface area contributed by atoms with Gasteiger partial charge in [-0.1, -0.05) is 54.1 Å². The Bertz CT molecular complexity index is 342. The standard InChI is InChI=1S/C13H18BrN/c1-10(2)15-8-4-5-12-6-7-13(14)11(3)9-12/h4-7,9-10,15H,8H2,1-3H3. The van der Waals surface area contributed by atoms with Crippen molar-refractivity contribution >= 4 is 22.0 Å². The van der Waals surface area contributed by atoms with Crippen LogP contribution in [0.3, 0.4) is 0 Å². The molecule has 0 aliphatic heterocycles. The van der Waals surface area contributed by atoms with Crippen LogP contribution in [-0.4, -0.2) is 12.6 Å². The lowest BCUT2D eigenvalue weighted by atomic mass is 10.1. The second kappa shape index (κ2) is 6.09. The number of benzene rings is 1. The molecule has 0 atom stereocenters. The van der Waals surface area contributed by atoms with Crippen LogP contribution < -0.4 is 5.32 Å². The van der Waals surface area contributed by atoms with Crippen LogP contribution in [0.15, 0.2) is 28.7 Å². The van der Waals surface area contributed by atoms with Crippen LogP contribution in [-0.2, 0) is 0 Å². The van der Waals surface area contributed by atoms with Crippen molar-refractivity contribution in [3.8, 4) is 0 Å². The Morgan fingerprint density at radius 1 is 1.40 bits per heavy atom. The molecular formula is C13H18BrN. The molecule has 0 fully saturated rings. The molecule has 1 N–H and O–H groups in total. The maximum atomic E-state index is 3.49. The Balaban J connectivity index is 2.53. The van der Waals surface area contributed by atoms with Gasteiger partial charge in [-0.25, -0.2) is 0 Å². The minimum absolute atomic E-state index is 0.543. The lowest BCUT2D eigenvalue weighted by molar-refractivity contribution is 0.633. The van der Waals surface area contributed by atoms with Gasteiger partial charge in [0.15, 0.2) is 0 Å². The first-order chi connectivity index (χ1) is 7.09. The molecule has 0 heterocycles. The molecule has 0 spiro atoms. The van der Waals surface area contributed by atoms with Crippen LogP contribution in [0.4, 0.5) is 0 Å². The average Bonchev–Trinajstić information content (AvgIpc) is 2.18. The van der Waals surface area contributed by atoms with Crippen LogP contribution in [0.1, 0.15) is 25.0 Å². The van der Waals surface area contributed by atoms with E-state index in [-0.39, 0.29) is 0 Å². The molecule has 1 nitrogen and oxygen atoms in total. The van der Waals surface area contributed by atoms with E-state index in [0.717, 1.165) is 6.54 Å². The largest absolute Gasteiger partial charge is 0.311 e. The molecule has 15 heavy (non-hydrogen) atoms. The summed E-state index contributed by atoms with van der Waals surface area (Å²) in [5.74, 6) is 0. The third-order valence-electron chi connectivity index (χ3n) is 2.14. The molecule has 0 bridgehead atoms. The van der Waals surface area contributed by atoms with Gasteiger partial charge in [0.25, 0.3) is 0 Å². The van der Waals surface area contributed by atoms with E-state index in [1.165, 1.54) is 15.6 Å². The summed E-state index contributed by atoms with van der Waals surface area (Å²) >= 11 is 3.49. The molecular weight excluding hydrogens is 250 g/mol. The molecule has 0 radical (unpaired) electrons. The van der Waals surface area contributed by atoms with E-state index in [1.807, 2.05) is 0 Å². The van der Waals surface area contributed by atoms with Crippen LogP contribution in [0.2, 0.25) is 0 Å². The number of rotatable bonds is 4. The second-order valence-electron chi connectivity index (χ2n) is 3.97. The lowest BCUT2D eigenvalue weighted by Crippen LogP contribution is -2.22. The summed E-state index contributed by atoms with van der Waals surface area (Å²) in [7, 11) is 0. The van der Waals surface area contributed by atoms with E-state index in [0.29, 0.717) is 6.04 Å². The molecule has 0 aromatic heterocycles. The quantitative estimate of drug-likeness (QED) is 0.876. The van der Waals surface area contributed by atoms with Crippen molar-refractivity contribution < 1.29 is 0 Å². The number of nitrogens with one attached hydrogen (secondary N) is 1. The molecule has 0 saturated carbocycles. The van der Waals surface area contributed by atoms with E-state index in [1.54, 1.807) is 0 Å². The lowest BCUT2D eigenvalue weighted by Gasteiger charge is -2.03. The van der Waals surface area contributed by atoms with Gasteiger partial charge < -0.3 is 5.32 Å². The van der Waals surface area contributed by atoms with Gasteiger partial charge in [-0.3, -0.25) is 0 Å². The van der Waals surface area contributed by atoms with E-state index >= 15 is 0 Å². The number of hydrogen-bond acceptors (Lipinski definition) is 1. The zero-order valence-electron chi connectivity index (χ0n) is 9.55. The van der Waals surface area contributed by atoms with Crippen molar-refractivity contribution in [3.05, 3.63) is 39.9 Å². The Labute approximate surface area is 101 Å². The zero-order chi connectivity index (χ0) is 11.3. The summed E-state index contributed by atoms with van der Waals surface area (Å²) in [4.78, 5) is 0. The molecule has 2 heteroatoms. The number of halogens is 1. The van der Waals surface area contributed by atoms with E-state index in [2.05, 4.69) is 72.4 Å². The van der Waals surface area contributed by atoms with Crippen LogP contribution >= 0.6 is 15.9 Å². The smallest absolute Gasteiger partial charge is 0.0204 e. The third kappa shape index (κ3) is 4.63. The minimum atomic E-state index is 0.543. The molecule has 1 rings (SSSR count). The molecule has 1 aromatic rings. The van der Waals surface area contributed by atoms with E-state index in [9.17, 15) is 0 Å². The first-order valence-electron chi connectivity index (χ1n) is 5.25. The molecule has 1 aromatic carbocycles. The van der Waals surface area contributed by atoms with Gasteiger partial charge in [-0.15, -0.1) is 0 Å². The minimum Gasteiger partial charge on any atom is -0.311 e. The van der Waals surface area contributed by atoms with Crippen LogP contribution in [0.5, 0.6) is 0 Å². The predicted molar refractivity (Wildman–Crippen MR) is 71.1 cm³/mol. The highest BCUT2D eigenvalue weighted by Gasteiger charge is 1.94.